The molecule has 1 saturated carbocycles. The molecule has 0 aromatic heterocycles. The van der Waals surface area contributed by atoms with Gasteiger partial charge in [0.15, 0.2) is 0 Å². The zero-order valence-corrected chi connectivity index (χ0v) is 10.2. The normalized spacial score (nSPS) is 16.3. The number of rotatable bonds is 6. The van der Waals surface area contributed by atoms with Crippen LogP contribution in [-0.4, -0.2) is 24.4 Å². The molecule has 3 nitrogen and oxygen atoms in total. The van der Waals surface area contributed by atoms with E-state index < -0.39 is 0 Å². The number of nitrogens with one attached hydrogen (secondary N) is 1. The zero-order chi connectivity index (χ0) is 11.9. The second-order valence-electron chi connectivity index (χ2n) is 4.57. The van der Waals surface area contributed by atoms with Crippen LogP contribution in [0.2, 0.25) is 0 Å². The van der Waals surface area contributed by atoms with Crippen LogP contribution in [0, 0.1) is 0 Å². The molecule has 0 heterocycles. The Morgan fingerprint density at radius 3 is 2.88 bits per heavy atom. The summed E-state index contributed by atoms with van der Waals surface area (Å²) in [6, 6.07) is 8.21. The predicted octanol–water partition coefficient (Wildman–Crippen LogP) is 2.09. The van der Waals surface area contributed by atoms with Crippen molar-refractivity contribution in [3.8, 4) is 5.75 Å². The lowest BCUT2D eigenvalue weighted by atomic mass is 10.2. The summed E-state index contributed by atoms with van der Waals surface area (Å²) in [4.78, 5) is 0. The summed E-state index contributed by atoms with van der Waals surface area (Å²) >= 11 is 0. The van der Waals surface area contributed by atoms with Gasteiger partial charge in [-0.15, -0.1) is 0 Å². The smallest absolute Gasteiger partial charge is 0.120 e. The molecule has 3 heteroatoms. The van der Waals surface area contributed by atoms with Gasteiger partial charge in [0.1, 0.15) is 5.75 Å². The van der Waals surface area contributed by atoms with E-state index in [0.717, 1.165) is 12.3 Å². The summed E-state index contributed by atoms with van der Waals surface area (Å²) in [5.74, 6) is 0.972. The first-order valence-corrected chi connectivity index (χ1v) is 6.45. The quantitative estimate of drug-likeness (QED) is 0.742. The first-order valence-electron chi connectivity index (χ1n) is 6.45. The van der Waals surface area contributed by atoms with Gasteiger partial charge in [-0.05, 0) is 43.4 Å². The molecule has 0 unspecified atom stereocenters. The van der Waals surface area contributed by atoms with Crippen molar-refractivity contribution in [2.24, 2.45) is 0 Å². The molecular weight excluding hydrogens is 214 g/mol. The molecule has 0 atom stereocenters. The third kappa shape index (κ3) is 4.02. The maximum absolute atomic E-state index is 8.70. The van der Waals surface area contributed by atoms with Gasteiger partial charge in [0.25, 0.3) is 0 Å². The Labute approximate surface area is 103 Å². The number of hydrogen-bond acceptors (Lipinski definition) is 3. The molecule has 1 aromatic carbocycles. The first-order chi connectivity index (χ1) is 8.38. The van der Waals surface area contributed by atoms with E-state index in [4.69, 9.17) is 9.84 Å². The van der Waals surface area contributed by atoms with E-state index in [2.05, 4.69) is 17.4 Å². The average molecular weight is 235 g/mol. The highest BCUT2D eigenvalue weighted by atomic mass is 16.5. The zero-order valence-electron chi connectivity index (χ0n) is 10.2. The Balaban J connectivity index is 1.86. The molecule has 0 spiro atoms. The van der Waals surface area contributed by atoms with Gasteiger partial charge in [-0.3, -0.25) is 0 Å². The van der Waals surface area contributed by atoms with Gasteiger partial charge in [-0.2, -0.15) is 0 Å². The molecule has 0 saturated heterocycles. The van der Waals surface area contributed by atoms with Gasteiger partial charge in [-0.1, -0.05) is 12.1 Å². The summed E-state index contributed by atoms with van der Waals surface area (Å²) in [5.41, 5.74) is 1.20. The maximum atomic E-state index is 8.70. The van der Waals surface area contributed by atoms with E-state index in [1.165, 1.54) is 31.2 Å². The molecule has 0 bridgehead atoms. The maximum Gasteiger partial charge on any atom is 0.120 e. The Morgan fingerprint density at radius 2 is 2.12 bits per heavy atom. The third-order valence-corrected chi connectivity index (χ3v) is 3.12. The summed E-state index contributed by atoms with van der Waals surface area (Å²) < 4.78 is 5.95. The number of benzene rings is 1. The molecule has 0 radical (unpaired) electrons. The molecular formula is C14H21NO2. The standard InChI is InChI=1S/C14H21NO2/c16-9-8-15-11-12-4-3-7-14(10-12)17-13-5-1-2-6-13/h3-4,7,10,13,15-16H,1-2,5-6,8-9,11H2. The predicted molar refractivity (Wildman–Crippen MR) is 68.1 cm³/mol. The van der Waals surface area contributed by atoms with Crippen LogP contribution in [0.4, 0.5) is 0 Å². The highest BCUT2D eigenvalue weighted by Crippen LogP contribution is 2.24. The van der Waals surface area contributed by atoms with Gasteiger partial charge in [0.2, 0.25) is 0 Å². The molecule has 17 heavy (non-hydrogen) atoms. The highest BCUT2D eigenvalue weighted by molar-refractivity contribution is 5.28. The van der Waals surface area contributed by atoms with Crippen LogP contribution in [0.15, 0.2) is 24.3 Å². The Hall–Kier alpha value is -1.06. The van der Waals surface area contributed by atoms with Crippen molar-refractivity contribution in [3.63, 3.8) is 0 Å². The Kier molecular flexibility index (Phi) is 4.83. The van der Waals surface area contributed by atoms with E-state index in [9.17, 15) is 0 Å². The van der Waals surface area contributed by atoms with E-state index in [1.807, 2.05) is 12.1 Å². The fraction of sp³-hybridized carbons (Fsp3) is 0.571. The number of aliphatic hydroxyl groups excluding tert-OH is 1. The molecule has 0 amide bonds. The van der Waals surface area contributed by atoms with Crippen molar-refractivity contribution in [2.45, 2.75) is 38.3 Å². The van der Waals surface area contributed by atoms with Crippen molar-refractivity contribution in [1.29, 1.82) is 0 Å². The van der Waals surface area contributed by atoms with Crippen LogP contribution in [-0.2, 0) is 6.54 Å². The third-order valence-electron chi connectivity index (χ3n) is 3.12. The number of hydrogen-bond donors (Lipinski definition) is 2. The fourth-order valence-corrected chi connectivity index (χ4v) is 2.24. The van der Waals surface area contributed by atoms with Crippen molar-refractivity contribution in [3.05, 3.63) is 29.8 Å². The average Bonchev–Trinajstić information content (AvgIpc) is 2.83. The molecule has 2 rings (SSSR count). The van der Waals surface area contributed by atoms with E-state index >= 15 is 0 Å². The monoisotopic (exact) mass is 235 g/mol. The van der Waals surface area contributed by atoms with Crippen LogP contribution < -0.4 is 10.1 Å². The number of aliphatic hydroxyl groups is 1. The molecule has 1 fully saturated rings. The topological polar surface area (TPSA) is 41.5 Å². The Morgan fingerprint density at radius 1 is 1.29 bits per heavy atom. The minimum atomic E-state index is 0.179. The molecule has 1 aliphatic rings. The second-order valence-corrected chi connectivity index (χ2v) is 4.57. The first kappa shape index (κ1) is 12.4. The Bertz CT molecular complexity index is 335. The van der Waals surface area contributed by atoms with Crippen molar-refractivity contribution < 1.29 is 9.84 Å². The van der Waals surface area contributed by atoms with Crippen LogP contribution >= 0.6 is 0 Å². The summed E-state index contributed by atoms with van der Waals surface area (Å²) in [6.45, 7) is 1.59. The van der Waals surface area contributed by atoms with Crippen LogP contribution in [0.25, 0.3) is 0 Å². The lowest BCUT2D eigenvalue weighted by molar-refractivity contribution is 0.210. The number of ether oxygens (including phenoxy) is 1. The van der Waals surface area contributed by atoms with Crippen molar-refractivity contribution >= 4 is 0 Å². The summed E-state index contributed by atoms with van der Waals surface area (Å²) in [7, 11) is 0. The minimum absolute atomic E-state index is 0.179. The second kappa shape index (κ2) is 6.62. The van der Waals surface area contributed by atoms with Gasteiger partial charge in [0.05, 0.1) is 12.7 Å². The van der Waals surface area contributed by atoms with Gasteiger partial charge in [-0.25, -0.2) is 0 Å². The van der Waals surface area contributed by atoms with Crippen molar-refractivity contribution in [2.75, 3.05) is 13.2 Å². The highest BCUT2D eigenvalue weighted by Gasteiger charge is 2.16. The van der Waals surface area contributed by atoms with Crippen LogP contribution in [0.1, 0.15) is 31.2 Å². The van der Waals surface area contributed by atoms with E-state index in [0.29, 0.717) is 12.6 Å². The molecule has 94 valence electrons. The largest absolute Gasteiger partial charge is 0.490 e. The molecule has 1 aliphatic carbocycles. The van der Waals surface area contributed by atoms with Crippen molar-refractivity contribution in [1.82, 2.24) is 5.32 Å². The van der Waals surface area contributed by atoms with Gasteiger partial charge < -0.3 is 15.2 Å². The van der Waals surface area contributed by atoms with Gasteiger partial charge in [0, 0.05) is 13.1 Å². The summed E-state index contributed by atoms with van der Waals surface area (Å²) in [5, 5.41) is 11.9. The van der Waals surface area contributed by atoms with Crippen LogP contribution in [0.3, 0.4) is 0 Å². The SMILES string of the molecule is OCCNCc1cccc(OC2CCCC2)c1. The van der Waals surface area contributed by atoms with Crippen LogP contribution in [0.5, 0.6) is 5.75 Å². The molecule has 2 N–H and O–H groups in total. The molecule has 0 aliphatic heterocycles. The van der Waals surface area contributed by atoms with Gasteiger partial charge >= 0.3 is 0 Å². The lowest BCUT2D eigenvalue weighted by Gasteiger charge is -2.14. The molecule has 1 aromatic rings. The van der Waals surface area contributed by atoms with E-state index in [1.54, 1.807) is 0 Å². The lowest BCUT2D eigenvalue weighted by Crippen LogP contribution is -2.17. The fourth-order valence-electron chi connectivity index (χ4n) is 2.24. The minimum Gasteiger partial charge on any atom is -0.490 e. The summed E-state index contributed by atoms with van der Waals surface area (Å²) in [6.07, 6.45) is 5.38. The van der Waals surface area contributed by atoms with E-state index in [-0.39, 0.29) is 6.61 Å².